The van der Waals surface area contributed by atoms with Gasteiger partial charge in [-0.2, -0.15) is 0 Å². The summed E-state index contributed by atoms with van der Waals surface area (Å²) in [6.07, 6.45) is 0.576. The minimum atomic E-state index is -3.82. The molecule has 0 amide bonds. The van der Waals surface area contributed by atoms with E-state index in [4.69, 9.17) is 11.6 Å². The number of sulfonamides is 1. The molecule has 1 aliphatic rings. The number of carbonyl (C=O) groups is 1. The van der Waals surface area contributed by atoms with Crippen molar-refractivity contribution in [2.24, 2.45) is 0 Å². The molecule has 0 radical (unpaired) electrons. The van der Waals surface area contributed by atoms with Crippen LogP contribution in [0.5, 0.6) is 0 Å². The lowest BCUT2D eigenvalue weighted by Crippen LogP contribution is -2.30. The highest BCUT2D eigenvalue weighted by atomic mass is 35.5. The number of rotatable bonds is 3. The third-order valence-electron chi connectivity index (χ3n) is 3.98. The summed E-state index contributed by atoms with van der Waals surface area (Å²) in [5.41, 5.74) is 1.69. The molecule has 2 aromatic rings. The van der Waals surface area contributed by atoms with Crippen molar-refractivity contribution < 1.29 is 18.3 Å². The summed E-state index contributed by atoms with van der Waals surface area (Å²) in [7, 11) is -3.82. The maximum Gasteiger partial charge on any atom is 0.335 e. The number of aromatic carboxylic acids is 1. The fourth-order valence-electron chi connectivity index (χ4n) is 2.83. The highest BCUT2D eigenvalue weighted by molar-refractivity contribution is 7.93. The van der Waals surface area contributed by atoms with Crippen LogP contribution in [0, 0.1) is 6.92 Å². The second-order valence-corrected chi connectivity index (χ2v) is 7.60. The highest BCUT2D eigenvalue weighted by Gasteiger charge is 2.32. The second-order valence-electron chi connectivity index (χ2n) is 5.33. The molecule has 0 saturated carbocycles. The fraction of sp³-hybridized carbons (Fsp3) is 0.188. The number of fused-ring (bicyclic) bond motifs is 1. The quantitative estimate of drug-likeness (QED) is 0.922. The Hall–Kier alpha value is -2.05. The zero-order valence-corrected chi connectivity index (χ0v) is 13.9. The molecule has 1 N–H and O–H groups in total. The predicted molar refractivity (Wildman–Crippen MR) is 87.8 cm³/mol. The van der Waals surface area contributed by atoms with Gasteiger partial charge in [-0.05, 0) is 54.8 Å². The molecule has 7 heteroatoms. The first-order chi connectivity index (χ1) is 10.8. The molecule has 0 atom stereocenters. The van der Waals surface area contributed by atoms with Gasteiger partial charge in [0.15, 0.2) is 0 Å². The van der Waals surface area contributed by atoms with E-state index in [0.717, 1.165) is 5.56 Å². The van der Waals surface area contributed by atoms with Gasteiger partial charge < -0.3 is 5.11 Å². The van der Waals surface area contributed by atoms with E-state index in [1.165, 1.54) is 29.4 Å². The average molecular weight is 352 g/mol. The van der Waals surface area contributed by atoms with Crippen LogP contribution >= 0.6 is 11.6 Å². The Balaban J connectivity index is 2.12. The lowest BCUT2D eigenvalue weighted by atomic mass is 10.1. The first-order valence-electron chi connectivity index (χ1n) is 6.96. The van der Waals surface area contributed by atoms with Crippen molar-refractivity contribution in [3.8, 4) is 0 Å². The molecule has 0 bridgehead atoms. The van der Waals surface area contributed by atoms with Crippen LogP contribution in [0.15, 0.2) is 41.3 Å². The topological polar surface area (TPSA) is 74.7 Å². The molecule has 0 saturated heterocycles. The van der Waals surface area contributed by atoms with E-state index in [0.29, 0.717) is 23.7 Å². The summed E-state index contributed by atoms with van der Waals surface area (Å²) < 4.78 is 27.3. The number of anilines is 1. The Morgan fingerprint density at radius 2 is 2.00 bits per heavy atom. The molecule has 3 rings (SSSR count). The zero-order valence-electron chi connectivity index (χ0n) is 12.3. The summed E-state index contributed by atoms with van der Waals surface area (Å²) in [6.45, 7) is 1.82. The van der Waals surface area contributed by atoms with Gasteiger partial charge in [0.25, 0.3) is 10.0 Å². The first-order valence-corrected chi connectivity index (χ1v) is 8.78. The van der Waals surface area contributed by atoms with Gasteiger partial charge in [0.1, 0.15) is 0 Å². The summed E-state index contributed by atoms with van der Waals surface area (Å²) in [5.74, 6) is -1.15. The van der Waals surface area contributed by atoms with Gasteiger partial charge in [-0.1, -0.05) is 17.7 Å². The van der Waals surface area contributed by atoms with E-state index in [9.17, 15) is 18.3 Å². The normalized spacial score (nSPS) is 13.9. The molecule has 0 fully saturated rings. The second kappa shape index (κ2) is 5.54. The van der Waals surface area contributed by atoms with Crippen molar-refractivity contribution >= 4 is 33.3 Å². The van der Waals surface area contributed by atoms with Crippen molar-refractivity contribution in [1.29, 1.82) is 0 Å². The monoisotopic (exact) mass is 351 g/mol. The van der Waals surface area contributed by atoms with Crippen LogP contribution in [0.25, 0.3) is 0 Å². The lowest BCUT2D eigenvalue weighted by Gasteiger charge is -2.21. The molecule has 1 heterocycles. The molecule has 23 heavy (non-hydrogen) atoms. The van der Waals surface area contributed by atoms with Gasteiger partial charge in [-0.3, -0.25) is 4.31 Å². The molecule has 0 aromatic heterocycles. The number of halogens is 1. The molecular formula is C16H14ClNO4S. The Labute approximate surface area is 139 Å². The van der Waals surface area contributed by atoms with Crippen molar-refractivity contribution in [3.63, 3.8) is 0 Å². The lowest BCUT2D eigenvalue weighted by molar-refractivity contribution is 0.0696. The molecule has 0 spiro atoms. The van der Waals surface area contributed by atoms with Crippen LogP contribution in [-0.2, 0) is 16.4 Å². The first kappa shape index (κ1) is 15.8. The van der Waals surface area contributed by atoms with E-state index in [-0.39, 0.29) is 16.0 Å². The smallest absolute Gasteiger partial charge is 0.335 e. The van der Waals surface area contributed by atoms with E-state index in [2.05, 4.69) is 0 Å². The molecule has 2 aromatic carbocycles. The Morgan fingerprint density at radius 1 is 1.26 bits per heavy atom. The number of hydrogen-bond acceptors (Lipinski definition) is 3. The molecule has 120 valence electrons. The van der Waals surface area contributed by atoms with Crippen LogP contribution in [0.4, 0.5) is 5.69 Å². The third kappa shape index (κ3) is 2.58. The van der Waals surface area contributed by atoms with Crippen LogP contribution < -0.4 is 4.31 Å². The van der Waals surface area contributed by atoms with Crippen LogP contribution in [-0.4, -0.2) is 26.0 Å². The maximum absolute atomic E-state index is 13.0. The predicted octanol–water partition coefficient (Wildman–Crippen LogP) is 3.10. The average Bonchev–Trinajstić information content (AvgIpc) is 2.90. The Kier molecular flexibility index (Phi) is 3.82. The Bertz CT molecular complexity index is 908. The molecule has 5 nitrogen and oxygen atoms in total. The molecular weight excluding hydrogens is 338 g/mol. The van der Waals surface area contributed by atoms with E-state index in [1.54, 1.807) is 18.2 Å². The molecule has 0 unspecified atom stereocenters. The maximum atomic E-state index is 13.0. The van der Waals surface area contributed by atoms with Gasteiger partial charge in [0, 0.05) is 11.6 Å². The largest absolute Gasteiger partial charge is 0.478 e. The molecule has 1 aliphatic heterocycles. The van der Waals surface area contributed by atoms with Gasteiger partial charge in [-0.15, -0.1) is 0 Å². The fourth-order valence-corrected chi connectivity index (χ4v) is 4.78. The van der Waals surface area contributed by atoms with Crippen molar-refractivity contribution in [1.82, 2.24) is 0 Å². The van der Waals surface area contributed by atoms with E-state index in [1.807, 2.05) is 0 Å². The van der Waals surface area contributed by atoms with Crippen LogP contribution in [0.3, 0.4) is 0 Å². The summed E-state index contributed by atoms with van der Waals surface area (Å²) in [6, 6.07) is 9.36. The Morgan fingerprint density at radius 3 is 2.70 bits per heavy atom. The molecule has 0 aliphatic carbocycles. The summed E-state index contributed by atoms with van der Waals surface area (Å²) in [4.78, 5) is 11.2. The van der Waals surface area contributed by atoms with Gasteiger partial charge in [0.2, 0.25) is 0 Å². The number of hydrogen-bond donors (Lipinski definition) is 1. The minimum absolute atomic E-state index is 0.0124. The number of carboxylic acids is 1. The zero-order chi connectivity index (χ0) is 16.8. The van der Waals surface area contributed by atoms with Crippen LogP contribution in [0.2, 0.25) is 5.02 Å². The number of carboxylic acid groups (broad SMARTS) is 1. The standard InChI is InChI=1S/C16H14ClNO4S/c1-10-13(16(19)20)3-2-4-15(10)23(21,22)18-8-7-11-9-12(17)5-6-14(11)18/h2-6,9H,7-8H2,1H3,(H,19,20). The van der Waals surface area contributed by atoms with Crippen molar-refractivity contribution in [2.45, 2.75) is 18.2 Å². The minimum Gasteiger partial charge on any atom is -0.478 e. The van der Waals surface area contributed by atoms with Crippen molar-refractivity contribution in [3.05, 3.63) is 58.1 Å². The van der Waals surface area contributed by atoms with E-state index >= 15 is 0 Å². The number of benzene rings is 2. The third-order valence-corrected chi connectivity index (χ3v) is 6.17. The van der Waals surface area contributed by atoms with Gasteiger partial charge >= 0.3 is 5.97 Å². The summed E-state index contributed by atoms with van der Waals surface area (Å²) >= 11 is 5.95. The van der Waals surface area contributed by atoms with Gasteiger partial charge in [0.05, 0.1) is 16.1 Å². The van der Waals surface area contributed by atoms with Crippen LogP contribution in [0.1, 0.15) is 21.5 Å². The SMILES string of the molecule is Cc1c(C(=O)O)cccc1S(=O)(=O)N1CCc2cc(Cl)ccc21. The highest BCUT2D eigenvalue weighted by Crippen LogP contribution is 2.35. The van der Waals surface area contributed by atoms with Gasteiger partial charge in [-0.25, -0.2) is 13.2 Å². The summed E-state index contributed by atoms with van der Waals surface area (Å²) in [5, 5.41) is 9.75. The van der Waals surface area contributed by atoms with Crippen molar-refractivity contribution in [2.75, 3.05) is 10.8 Å². The van der Waals surface area contributed by atoms with E-state index < -0.39 is 16.0 Å². The number of nitrogens with zero attached hydrogens (tertiary/aromatic N) is 1.